The first-order valence-corrected chi connectivity index (χ1v) is 9.77. The van der Waals surface area contributed by atoms with E-state index in [9.17, 15) is 4.79 Å². The first-order valence-electron chi connectivity index (χ1n) is 9.77. The molecular weight excluding hydrogens is 374 g/mol. The van der Waals surface area contributed by atoms with Gasteiger partial charge in [-0.05, 0) is 48.0 Å². The van der Waals surface area contributed by atoms with Crippen LogP contribution in [0, 0.1) is 0 Å². The van der Waals surface area contributed by atoms with Gasteiger partial charge in [0.2, 0.25) is 5.91 Å². The summed E-state index contributed by atoms with van der Waals surface area (Å²) in [5.74, 6) is 0.258. The van der Waals surface area contributed by atoms with Gasteiger partial charge < -0.3 is 10.1 Å². The van der Waals surface area contributed by atoms with E-state index in [0.717, 1.165) is 39.2 Å². The van der Waals surface area contributed by atoms with Crippen LogP contribution >= 0.6 is 0 Å². The van der Waals surface area contributed by atoms with Crippen LogP contribution < -0.4 is 10.1 Å². The predicted molar refractivity (Wildman–Crippen MR) is 118 cm³/mol. The molecule has 1 N–H and O–H groups in total. The standard InChI is InChI=1S/C25H19N3O2/c29-25-21(24-20-7-4-14-26-22(20)12-13-23(24)28-25)15-27-18-8-10-19(11-9-18)30-16-17-5-2-1-3-6-17/h1-15,21H,16H2,(H,28,29). The molecule has 5 nitrogen and oxygen atoms in total. The fourth-order valence-corrected chi connectivity index (χ4v) is 3.63. The summed E-state index contributed by atoms with van der Waals surface area (Å²) >= 11 is 0. The van der Waals surface area contributed by atoms with E-state index in [1.807, 2.05) is 78.9 Å². The van der Waals surface area contributed by atoms with Crippen LogP contribution in [0.25, 0.3) is 10.9 Å². The summed E-state index contributed by atoms with van der Waals surface area (Å²) < 4.78 is 5.81. The van der Waals surface area contributed by atoms with Gasteiger partial charge in [0.1, 0.15) is 18.3 Å². The summed E-state index contributed by atoms with van der Waals surface area (Å²) in [5, 5.41) is 3.91. The number of anilines is 1. The van der Waals surface area contributed by atoms with E-state index in [2.05, 4.69) is 15.3 Å². The Morgan fingerprint density at radius 1 is 0.967 bits per heavy atom. The Bertz CT molecular complexity index is 1230. The molecule has 0 aliphatic carbocycles. The Morgan fingerprint density at radius 3 is 2.63 bits per heavy atom. The third-order valence-corrected chi connectivity index (χ3v) is 5.14. The van der Waals surface area contributed by atoms with Crippen LogP contribution in [0.2, 0.25) is 0 Å². The second kappa shape index (κ2) is 7.79. The normalized spacial score (nSPS) is 15.3. The summed E-state index contributed by atoms with van der Waals surface area (Å²) in [6.45, 7) is 0.517. The molecule has 1 aromatic heterocycles. The highest BCUT2D eigenvalue weighted by atomic mass is 16.5. The molecule has 0 fully saturated rings. The SMILES string of the molecule is O=C1Nc2ccc3ncccc3c2C1C=Nc1ccc(OCc2ccccc2)cc1. The summed E-state index contributed by atoms with van der Waals surface area (Å²) in [6, 6.07) is 25.3. The summed E-state index contributed by atoms with van der Waals surface area (Å²) in [6.07, 6.45) is 3.46. The molecule has 1 aliphatic heterocycles. The maximum atomic E-state index is 12.5. The van der Waals surface area contributed by atoms with Crippen molar-refractivity contribution in [3.05, 3.63) is 96.2 Å². The van der Waals surface area contributed by atoms with Crippen molar-refractivity contribution >= 4 is 34.4 Å². The number of nitrogens with one attached hydrogen (secondary N) is 1. The van der Waals surface area contributed by atoms with Gasteiger partial charge >= 0.3 is 0 Å². The molecule has 3 aromatic carbocycles. The smallest absolute Gasteiger partial charge is 0.237 e. The number of nitrogens with zero attached hydrogens (tertiary/aromatic N) is 2. The molecule has 30 heavy (non-hydrogen) atoms. The van der Waals surface area contributed by atoms with Gasteiger partial charge in [-0.2, -0.15) is 0 Å². The molecule has 1 amide bonds. The van der Waals surface area contributed by atoms with E-state index in [-0.39, 0.29) is 5.91 Å². The highest BCUT2D eigenvalue weighted by Gasteiger charge is 2.31. The van der Waals surface area contributed by atoms with Gasteiger partial charge in [0.05, 0.1) is 11.2 Å². The van der Waals surface area contributed by atoms with E-state index in [0.29, 0.717) is 6.61 Å². The van der Waals surface area contributed by atoms with E-state index in [1.165, 1.54) is 0 Å². The number of rotatable bonds is 5. The van der Waals surface area contributed by atoms with E-state index in [1.54, 1.807) is 12.4 Å². The zero-order valence-corrected chi connectivity index (χ0v) is 16.2. The molecule has 0 bridgehead atoms. The molecule has 0 radical (unpaired) electrons. The number of hydrogen-bond donors (Lipinski definition) is 1. The number of pyridine rings is 1. The maximum absolute atomic E-state index is 12.5. The molecule has 0 saturated carbocycles. The second-order valence-corrected chi connectivity index (χ2v) is 7.11. The second-order valence-electron chi connectivity index (χ2n) is 7.11. The zero-order valence-electron chi connectivity index (χ0n) is 16.2. The largest absolute Gasteiger partial charge is 0.489 e. The number of amides is 1. The minimum atomic E-state index is -0.443. The topological polar surface area (TPSA) is 63.6 Å². The highest BCUT2D eigenvalue weighted by Crippen LogP contribution is 2.37. The highest BCUT2D eigenvalue weighted by molar-refractivity contribution is 6.16. The number of carbonyl (C=O) groups is 1. The third-order valence-electron chi connectivity index (χ3n) is 5.14. The molecular formula is C25H19N3O2. The molecule has 1 aliphatic rings. The van der Waals surface area contributed by atoms with Crippen molar-refractivity contribution < 1.29 is 9.53 Å². The molecule has 5 heteroatoms. The number of fused-ring (bicyclic) bond motifs is 3. The molecule has 0 spiro atoms. The molecule has 1 atom stereocenters. The van der Waals surface area contributed by atoms with Crippen LogP contribution in [-0.4, -0.2) is 17.1 Å². The Labute approximate surface area is 174 Å². The third kappa shape index (κ3) is 3.53. The van der Waals surface area contributed by atoms with Crippen LogP contribution in [0.4, 0.5) is 11.4 Å². The maximum Gasteiger partial charge on any atom is 0.237 e. The molecule has 0 saturated heterocycles. The van der Waals surface area contributed by atoms with Gasteiger partial charge in [-0.1, -0.05) is 36.4 Å². The lowest BCUT2D eigenvalue weighted by atomic mass is 9.97. The lowest BCUT2D eigenvalue weighted by molar-refractivity contribution is -0.115. The van der Waals surface area contributed by atoms with Crippen LogP contribution in [0.1, 0.15) is 17.0 Å². The monoisotopic (exact) mass is 393 g/mol. The summed E-state index contributed by atoms with van der Waals surface area (Å²) in [4.78, 5) is 21.5. The molecule has 4 aromatic rings. The number of benzene rings is 3. The fourth-order valence-electron chi connectivity index (χ4n) is 3.63. The Balaban J connectivity index is 1.34. The van der Waals surface area contributed by atoms with Gasteiger partial charge in [0.25, 0.3) is 0 Å². The van der Waals surface area contributed by atoms with Gasteiger partial charge in [-0.25, -0.2) is 0 Å². The van der Waals surface area contributed by atoms with E-state index < -0.39 is 5.92 Å². The van der Waals surface area contributed by atoms with Crippen LogP contribution in [-0.2, 0) is 11.4 Å². The first-order chi connectivity index (χ1) is 14.8. The number of aromatic nitrogens is 1. The van der Waals surface area contributed by atoms with Crippen LogP contribution in [0.5, 0.6) is 5.75 Å². The Hall–Kier alpha value is -3.99. The van der Waals surface area contributed by atoms with Gasteiger partial charge in [0, 0.05) is 29.0 Å². The lowest BCUT2D eigenvalue weighted by Gasteiger charge is -2.07. The number of aliphatic imine (C=N–C) groups is 1. The first kappa shape index (κ1) is 18.1. The van der Waals surface area contributed by atoms with Crippen molar-refractivity contribution in [1.29, 1.82) is 0 Å². The van der Waals surface area contributed by atoms with E-state index >= 15 is 0 Å². The lowest BCUT2D eigenvalue weighted by Crippen LogP contribution is -2.13. The number of ether oxygens (including phenoxy) is 1. The van der Waals surface area contributed by atoms with Crippen LogP contribution in [0.3, 0.4) is 0 Å². The van der Waals surface area contributed by atoms with Gasteiger partial charge in [0.15, 0.2) is 0 Å². The average Bonchev–Trinajstić information content (AvgIpc) is 3.13. The summed E-state index contributed by atoms with van der Waals surface area (Å²) in [5.41, 5.74) is 4.50. The molecule has 5 rings (SSSR count). The van der Waals surface area contributed by atoms with Crippen molar-refractivity contribution in [2.45, 2.75) is 12.5 Å². The van der Waals surface area contributed by atoms with Gasteiger partial charge in [-0.15, -0.1) is 0 Å². The number of carbonyl (C=O) groups excluding carboxylic acids is 1. The predicted octanol–water partition coefficient (Wildman–Crippen LogP) is 5.25. The Morgan fingerprint density at radius 2 is 1.80 bits per heavy atom. The van der Waals surface area contributed by atoms with Crippen molar-refractivity contribution in [3.8, 4) is 5.75 Å². The van der Waals surface area contributed by atoms with Crippen LogP contribution in [0.15, 0.2) is 90.1 Å². The molecule has 1 unspecified atom stereocenters. The van der Waals surface area contributed by atoms with Crippen molar-refractivity contribution in [3.63, 3.8) is 0 Å². The van der Waals surface area contributed by atoms with Crippen molar-refractivity contribution in [1.82, 2.24) is 4.98 Å². The minimum absolute atomic E-state index is 0.0760. The fraction of sp³-hybridized carbons (Fsp3) is 0.0800. The molecule has 2 heterocycles. The zero-order chi connectivity index (χ0) is 20.3. The van der Waals surface area contributed by atoms with Crippen molar-refractivity contribution in [2.24, 2.45) is 4.99 Å². The van der Waals surface area contributed by atoms with Gasteiger partial charge in [-0.3, -0.25) is 14.8 Å². The minimum Gasteiger partial charge on any atom is -0.489 e. The van der Waals surface area contributed by atoms with E-state index in [4.69, 9.17) is 4.74 Å². The van der Waals surface area contributed by atoms with Crippen molar-refractivity contribution in [2.75, 3.05) is 5.32 Å². The molecule has 146 valence electrons. The number of hydrogen-bond acceptors (Lipinski definition) is 4. The average molecular weight is 393 g/mol. The quantitative estimate of drug-likeness (QED) is 0.471. The summed E-state index contributed by atoms with van der Waals surface area (Å²) in [7, 11) is 0. The Kier molecular flexibility index (Phi) is 4.69.